The zero-order chi connectivity index (χ0) is 18.3. The maximum absolute atomic E-state index is 13.0. The van der Waals surface area contributed by atoms with Crippen LogP contribution in [0.15, 0.2) is 23.0 Å². The first-order valence-electron chi connectivity index (χ1n) is 7.70. The Labute approximate surface area is 148 Å². The molecule has 130 valence electrons. The van der Waals surface area contributed by atoms with Crippen LogP contribution >= 0.6 is 11.3 Å². The molecule has 0 aliphatic rings. The summed E-state index contributed by atoms with van der Waals surface area (Å²) in [5, 5.41) is 9.54. The van der Waals surface area contributed by atoms with Crippen molar-refractivity contribution in [2.45, 2.75) is 27.3 Å². The summed E-state index contributed by atoms with van der Waals surface area (Å²) in [5.74, 6) is -0.0185. The summed E-state index contributed by atoms with van der Waals surface area (Å²) in [4.78, 5) is 30.1. The van der Waals surface area contributed by atoms with E-state index in [0.717, 1.165) is 21.6 Å². The van der Waals surface area contributed by atoms with Crippen LogP contribution in [0, 0.1) is 20.8 Å². The van der Waals surface area contributed by atoms with E-state index < -0.39 is 12.5 Å². The van der Waals surface area contributed by atoms with Gasteiger partial charge in [-0.25, -0.2) is 4.98 Å². The largest absolute Gasteiger partial charge is 0.496 e. The summed E-state index contributed by atoms with van der Waals surface area (Å²) in [6.07, 6.45) is 0. The van der Waals surface area contributed by atoms with Gasteiger partial charge in [0.25, 0.3) is 5.56 Å². The monoisotopic (exact) mass is 358 g/mol. The third-order valence-corrected chi connectivity index (χ3v) is 5.10. The number of carboxylic acid groups (broad SMARTS) is 1. The lowest BCUT2D eigenvalue weighted by atomic mass is 10.0. The molecule has 0 amide bonds. The molecule has 2 aromatic heterocycles. The Kier molecular flexibility index (Phi) is 4.34. The number of methoxy groups -OCH3 is 1. The van der Waals surface area contributed by atoms with E-state index in [1.165, 1.54) is 15.9 Å². The van der Waals surface area contributed by atoms with Crippen molar-refractivity contribution < 1.29 is 14.6 Å². The summed E-state index contributed by atoms with van der Waals surface area (Å²) in [6.45, 7) is 5.14. The van der Waals surface area contributed by atoms with Crippen LogP contribution in [0.5, 0.6) is 5.75 Å². The molecule has 3 aromatic rings. The number of carbonyl (C=O) groups is 1. The van der Waals surface area contributed by atoms with Crippen molar-refractivity contribution in [3.8, 4) is 16.9 Å². The van der Waals surface area contributed by atoms with Crippen LogP contribution < -0.4 is 10.3 Å². The quantitative estimate of drug-likeness (QED) is 0.775. The van der Waals surface area contributed by atoms with Crippen molar-refractivity contribution in [3.63, 3.8) is 0 Å². The Balaban J connectivity index is 2.41. The predicted molar refractivity (Wildman–Crippen MR) is 97.7 cm³/mol. The number of benzene rings is 1. The van der Waals surface area contributed by atoms with Gasteiger partial charge < -0.3 is 9.84 Å². The first-order valence-corrected chi connectivity index (χ1v) is 8.52. The molecule has 3 rings (SSSR count). The maximum Gasteiger partial charge on any atom is 0.323 e. The van der Waals surface area contributed by atoms with Gasteiger partial charge in [0.1, 0.15) is 22.9 Å². The second-order valence-electron chi connectivity index (χ2n) is 5.86. The van der Waals surface area contributed by atoms with Crippen LogP contribution in [0.1, 0.15) is 16.3 Å². The molecule has 1 aromatic carbocycles. The molecule has 0 aliphatic carbocycles. The van der Waals surface area contributed by atoms with Crippen molar-refractivity contribution in [3.05, 3.63) is 44.8 Å². The maximum atomic E-state index is 13.0. The molecule has 0 aliphatic heterocycles. The van der Waals surface area contributed by atoms with Gasteiger partial charge in [0, 0.05) is 16.0 Å². The predicted octanol–water partition coefficient (Wildman–Crippen LogP) is 3.14. The van der Waals surface area contributed by atoms with Crippen LogP contribution in [-0.4, -0.2) is 27.7 Å². The van der Waals surface area contributed by atoms with E-state index in [0.29, 0.717) is 21.8 Å². The van der Waals surface area contributed by atoms with Crippen LogP contribution in [0.2, 0.25) is 0 Å². The van der Waals surface area contributed by atoms with E-state index in [9.17, 15) is 9.59 Å². The van der Waals surface area contributed by atoms with Crippen LogP contribution in [0.4, 0.5) is 0 Å². The number of rotatable bonds is 4. The van der Waals surface area contributed by atoms with Crippen molar-refractivity contribution >= 4 is 27.5 Å². The number of aryl methyl sites for hydroxylation is 3. The Morgan fingerprint density at radius 1 is 1.32 bits per heavy atom. The molecule has 0 saturated heterocycles. The normalized spacial score (nSPS) is 11.0. The molecule has 6 nitrogen and oxygen atoms in total. The van der Waals surface area contributed by atoms with Crippen LogP contribution in [0.25, 0.3) is 21.3 Å². The van der Waals surface area contributed by atoms with E-state index in [2.05, 4.69) is 4.98 Å². The highest BCUT2D eigenvalue weighted by atomic mass is 32.1. The molecular formula is C18H18N2O4S. The van der Waals surface area contributed by atoms with Crippen LogP contribution in [0.3, 0.4) is 0 Å². The van der Waals surface area contributed by atoms with E-state index in [1.807, 2.05) is 32.0 Å². The molecular weight excluding hydrogens is 340 g/mol. The molecule has 0 radical (unpaired) electrons. The number of aliphatic carboxylic acids is 1. The van der Waals surface area contributed by atoms with E-state index >= 15 is 0 Å². The number of fused-ring (bicyclic) bond motifs is 1. The van der Waals surface area contributed by atoms with E-state index in [-0.39, 0.29) is 5.56 Å². The third kappa shape index (κ3) is 2.91. The van der Waals surface area contributed by atoms with Gasteiger partial charge >= 0.3 is 5.97 Å². The van der Waals surface area contributed by atoms with Gasteiger partial charge in [0.2, 0.25) is 0 Å². The molecule has 25 heavy (non-hydrogen) atoms. The van der Waals surface area contributed by atoms with Gasteiger partial charge in [0.15, 0.2) is 0 Å². The Morgan fingerprint density at radius 3 is 2.68 bits per heavy atom. The van der Waals surface area contributed by atoms with Crippen molar-refractivity contribution in [2.75, 3.05) is 7.11 Å². The molecule has 0 fully saturated rings. The smallest absolute Gasteiger partial charge is 0.323 e. The number of nitrogens with zero attached hydrogens (tertiary/aromatic N) is 2. The van der Waals surface area contributed by atoms with Gasteiger partial charge in [-0.3, -0.25) is 14.2 Å². The zero-order valence-electron chi connectivity index (χ0n) is 14.4. The Bertz CT molecular complexity index is 1050. The lowest BCUT2D eigenvalue weighted by molar-refractivity contribution is -0.137. The summed E-state index contributed by atoms with van der Waals surface area (Å²) < 4.78 is 6.66. The number of hydrogen-bond acceptors (Lipinski definition) is 5. The number of thiophene rings is 1. The lowest BCUT2D eigenvalue weighted by Crippen LogP contribution is -2.27. The second kappa shape index (κ2) is 6.33. The van der Waals surface area contributed by atoms with Crippen molar-refractivity contribution in [1.29, 1.82) is 0 Å². The SMILES string of the molecule is COc1ccc(C)cc1-c1c(C)sc2nc(C)n(CC(=O)O)c(=O)c12. The highest BCUT2D eigenvalue weighted by molar-refractivity contribution is 7.19. The first-order chi connectivity index (χ1) is 11.8. The fourth-order valence-electron chi connectivity index (χ4n) is 2.96. The lowest BCUT2D eigenvalue weighted by Gasteiger charge is -2.11. The number of carboxylic acids is 1. The molecule has 0 spiro atoms. The van der Waals surface area contributed by atoms with Crippen LogP contribution in [-0.2, 0) is 11.3 Å². The summed E-state index contributed by atoms with van der Waals surface area (Å²) in [5.41, 5.74) is 2.28. The molecule has 2 heterocycles. The summed E-state index contributed by atoms with van der Waals surface area (Å²) in [6, 6.07) is 5.77. The van der Waals surface area contributed by atoms with Gasteiger partial charge in [-0.15, -0.1) is 11.3 Å². The third-order valence-electron chi connectivity index (χ3n) is 4.10. The minimum absolute atomic E-state index is 0.340. The fourth-order valence-corrected chi connectivity index (χ4v) is 4.03. The standard InChI is InChI=1S/C18H18N2O4S/c1-9-5-6-13(24-4)12(7-9)15-10(2)25-17-16(15)18(23)20(8-14(21)22)11(3)19-17/h5-7H,8H2,1-4H3,(H,21,22). The zero-order valence-corrected chi connectivity index (χ0v) is 15.2. The molecule has 0 saturated carbocycles. The average Bonchev–Trinajstić information content (AvgIpc) is 2.87. The van der Waals surface area contributed by atoms with E-state index in [1.54, 1.807) is 14.0 Å². The highest BCUT2D eigenvalue weighted by Crippen LogP contribution is 2.40. The summed E-state index contributed by atoms with van der Waals surface area (Å²) >= 11 is 1.43. The molecule has 0 bridgehead atoms. The van der Waals surface area contributed by atoms with Gasteiger partial charge in [-0.05, 0) is 32.9 Å². The topological polar surface area (TPSA) is 81.4 Å². The number of aromatic nitrogens is 2. The van der Waals surface area contributed by atoms with E-state index in [4.69, 9.17) is 9.84 Å². The first kappa shape index (κ1) is 17.2. The van der Waals surface area contributed by atoms with Crippen molar-refractivity contribution in [1.82, 2.24) is 9.55 Å². The Hall–Kier alpha value is -2.67. The number of hydrogen-bond donors (Lipinski definition) is 1. The van der Waals surface area contributed by atoms with Gasteiger partial charge in [-0.2, -0.15) is 0 Å². The average molecular weight is 358 g/mol. The molecule has 1 N–H and O–H groups in total. The highest BCUT2D eigenvalue weighted by Gasteiger charge is 2.21. The fraction of sp³-hybridized carbons (Fsp3) is 0.278. The molecule has 7 heteroatoms. The number of ether oxygens (including phenoxy) is 1. The minimum atomic E-state index is -1.08. The van der Waals surface area contributed by atoms with Gasteiger partial charge in [-0.1, -0.05) is 11.6 Å². The Morgan fingerprint density at radius 2 is 2.04 bits per heavy atom. The van der Waals surface area contributed by atoms with Crippen molar-refractivity contribution in [2.24, 2.45) is 0 Å². The second-order valence-corrected chi connectivity index (χ2v) is 7.06. The minimum Gasteiger partial charge on any atom is -0.496 e. The summed E-state index contributed by atoms with van der Waals surface area (Å²) in [7, 11) is 1.59. The van der Waals surface area contributed by atoms with Gasteiger partial charge in [0.05, 0.1) is 12.5 Å². The molecule has 0 atom stereocenters. The molecule has 0 unspecified atom stereocenters.